The first-order valence-corrected chi connectivity index (χ1v) is 9.15. The molecule has 0 aromatic heterocycles. The van der Waals surface area contributed by atoms with Crippen LogP contribution in [0.4, 0.5) is 0 Å². The minimum absolute atomic E-state index is 0.790. The summed E-state index contributed by atoms with van der Waals surface area (Å²) in [5, 5.41) is 0. The van der Waals surface area contributed by atoms with Crippen LogP contribution in [0.1, 0.15) is 44.9 Å². The number of ether oxygens (including phenoxy) is 1. The topological polar surface area (TPSA) is 9.23 Å². The van der Waals surface area contributed by atoms with Gasteiger partial charge in [-0.3, -0.25) is 0 Å². The molecule has 0 aliphatic heterocycles. The standard InChI is InChI=1S/C15H22Br2OS/c16-13-9-8-10-14(17)15(13)18-11-6-4-2-1-3-5-7-12-19/h8-10,19H,1-7,11-12H2. The van der Waals surface area contributed by atoms with Crippen molar-refractivity contribution in [2.45, 2.75) is 44.9 Å². The normalized spacial score (nSPS) is 10.7. The predicted molar refractivity (Wildman–Crippen MR) is 93.5 cm³/mol. The maximum atomic E-state index is 5.81. The van der Waals surface area contributed by atoms with Crippen LogP contribution in [0.3, 0.4) is 0 Å². The van der Waals surface area contributed by atoms with Crippen LogP contribution in [0.2, 0.25) is 0 Å². The minimum Gasteiger partial charge on any atom is -0.491 e. The highest BCUT2D eigenvalue weighted by Gasteiger charge is 2.04. The number of rotatable bonds is 10. The molecule has 0 heterocycles. The molecule has 1 rings (SSSR count). The summed E-state index contributed by atoms with van der Waals surface area (Å²) < 4.78 is 7.82. The second-order valence-electron chi connectivity index (χ2n) is 4.60. The Morgan fingerprint density at radius 2 is 1.37 bits per heavy atom. The van der Waals surface area contributed by atoms with Crippen molar-refractivity contribution < 1.29 is 4.74 Å². The van der Waals surface area contributed by atoms with Crippen molar-refractivity contribution in [3.05, 3.63) is 27.1 Å². The summed E-state index contributed by atoms with van der Waals surface area (Å²) in [5.74, 6) is 1.94. The largest absolute Gasteiger partial charge is 0.491 e. The molecular formula is C15H22Br2OS. The first-order valence-electron chi connectivity index (χ1n) is 6.93. The van der Waals surface area contributed by atoms with E-state index in [1.54, 1.807) is 0 Å². The zero-order chi connectivity index (χ0) is 13.9. The van der Waals surface area contributed by atoms with Crippen molar-refractivity contribution >= 4 is 44.5 Å². The summed E-state index contributed by atoms with van der Waals surface area (Å²) in [5.41, 5.74) is 0. The van der Waals surface area contributed by atoms with Gasteiger partial charge in [0.05, 0.1) is 15.6 Å². The molecule has 1 nitrogen and oxygen atoms in total. The Kier molecular flexibility index (Phi) is 10.1. The van der Waals surface area contributed by atoms with Crippen LogP contribution in [0.25, 0.3) is 0 Å². The third kappa shape index (κ3) is 7.62. The minimum atomic E-state index is 0.790. The van der Waals surface area contributed by atoms with Gasteiger partial charge in [0.2, 0.25) is 0 Å². The number of para-hydroxylation sites is 1. The average Bonchev–Trinajstić information content (AvgIpc) is 2.40. The number of thiol groups is 1. The first-order chi connectivity index (χ1) is 9.25. The molecule has 0 spiro atoms. The van der Waals surface area contributed by atoms with E-state index in [2.05, 4.69) is 44.5 Å². The molecule has 0 saturated heterocycles. The van der Waals surface area contributed by atoms with Gasteiger partial charge in [0.15, 0.2) is 0 Å². The van der Waals surface area contributed by atoms with Gasteiger partial charge in [0.25, 0.3) is 0 Å². The molecule has 19 heavy (non-hydrogen) atoms. The fourth-order valence-electron chi connectivity index (χ4n) is 1.89. The molecule has 0 fully saturated rings. The highest BCUT2D eigenvalue weighted by atomic mass is 79.9. The molecule has 0 aliphatic carbocycles. The summed E-state index contributed by atoms with van der Waals surface area (Å²) in [6.45, 7) is 0.790. The van der Waals surface area contributed by atoms with Crippen LogP contribution in [-0.2, 0) is 0 Å². The second-order valence-corrected chi connectivity index (χ2v) is 6.75. The van der Waals surface area contributed by atoms with E-state index in [0.29, 0.717) is 0 Å². The Hall–Kier alpha value is 0.330. The summed E-state index contributed by atoms with van der Waals surface area (Å²) in [6.07, 6.45) is 8.95. The first kappa shape index (κ1) is 17.4. The molecule has 0 N–H and O–H groups in total. The predicted octanol–water partition coefficient (Wildman–Crippen LogP) is 6.25. The lowest BCUT2D eigenvalue weighted by Crippen LogP contribution is -1.98. The van der Waals surface area contributed by atoms with Crippen molar-refractivity contribution in [1.82, 2.24) is 0 Å². The average molecular weight is 410 g/mol. The lowest BCUT2D eigenvalue weighted by atomic mass is 10.1. The summed E-state index contributed by atoms with van der Waals surface area (Å²) in [6, 6.07) is 5.99. The van der Waals surface area contributed by atoms with Crippen molar-refractivity contribution in [2.24, 2.45) is 0 Å². The molecule has 1 aromatic carbocycles. The summed E-state index contributed by atoms with van der Waals surface area (Å²) in [7, 11) is 0. The Morgan fingerprint density at radius 1 is 0.842 bits per heavy atom. The van der Waals surface area contributed by atoms with Crippen molar-refractivity contribution in [3.63, 3.8) is 0 Å². The van der Waals surface area contributed by atoms with Gasteiger partial charge in [-0.15, -0.1) is 0 Å². The van der Waals surface area contributed by atoms with E-state index in [1.165, 1.54) is 38.5 Å². The fraction of sp³-hybridized carbons (Fsp3) is 0.600. The van der Waals surface area contributed by atoms with E-state index < -0.39 is 0 Å². The van der Waals surface area contributed by atoms with E-state index in [0.717, 1.165) is 33.5 Å². The third-order valence-electron chi connectivity index (χ3n) is 2.97. The molecule has 108 valence electrons. The fourth-order valence-corrected chi connectivity index (χ4v) is 3.34. The highest BCUT2D eigenvalue weighted by Crippen LogP contribution is 2.33. The van der Waals surface area contributed by atoms with E-state index >= 15 is 0 Å². The maximum absolute atomic E-state index is 5.81. The molecule has 0 radical (unpaired) electrons. The van der Waals surface area contributed by atoms with Crippen LogP contribution in [0, 0.1) is 0 Å². The van der Waals surface area contributed by atoms with Crippen molar-refractivity contribution in [1.29, 1.82) is 0 Å². The van der Waals surface area contributed by atoms with Gasteiger partial charge < -0.3 is 4.74 Å². The number of hydrogen-bond acceptors (Lipinski definition) is 2. The van der Waals surface area contributed by atoms with Crippen LogP contribution in [0.5, 0.6) is 5.75 Å². The second kappa shape index (κ2) is 11.0. The molecule has 0 bridgehead atoms. The quantitative estimate of drug-likeness (QED) is 0.354. The van der Waals surface area contributed by atoms with E-state index in [4.69, 9.17) is 4.74 Å². The molecule has 0 unspecified atom stereocenters. The Bertz CT molecular complexity index is 338. The van der Waals surface area contributed by atoms with Gasteiger partial charge >= 0.3 is 0 Å². The SMILES string of the molecule is SCCCCCCCCCOc1c(Br)cccc1Br. The Balaban J connectivity index is 2.05. The van der Waals surface area contributed by atoms with Gasteiger partial charge in [-0.05, 0) is 62.6 Å². The van der Waals surface area contributed by atoms with Crippen LogP contribution < -0.4 is 4.74 Å². The van der Waals surface area contributed by atoms with Gasteiger partial charge in [-0.1, -0.05) is 38.2 Å². The molecule has 1 aromatic rings. The number of benzene rings is 1. The van der Waals surface area contributed by atoms with Crippen molar-refractivity contribution in [3.8, 4) is 5.75 Å². The monoisotopic (exact) mass is 408 g/mol. The maximum Gasteiger partial charge on any atom is 0.147 e. The van der Waals surface area contributed by atoms with Crippen LogP contribution in [0.15, 0.2) is 27.1 Å². The van der Waals surface area contributed by atoms with E-state index in [-0.39, 0.29) is 0 Å². The molecule has 4 heteroatoms. The molecule has 0 saturated carbocycles. The lowest BCUT2D eigenvalue weighted by Gasteiger charge is -2.09. The molecule has 0 aliphatic rings. The van der Waals surface area contributed by atoms with Gasteiger partial charge in [0, 0.05) is 0 Å². The highest BCUT2D eigenvalue weighted by molar-refractivity contribution is 9.11. The smallest absolute Gasteiger partial charge is 0.147 e. The zero-order valence-corrected chi connectivity index (χ0v) is 15.3. The van der Waals surface area contributed by atoms with E-state index in [9.17, 15) is 0 Å². The molecular weight excluding hydrogens is 388 g/mol. The number of unbranched alkanes of at least 4 members (excludes halogenated alkanes) is 6. The number of halogens is 2. The van der Waals surface area contributed by atoms with Crippen molar-refractivity contribution in [2.75, 3.05) is 12.4 Å². The Labute approximate surface area is 139 Å². The van der Waals surface area contributed by atoms with Gasteiger partial charge in [0.1, 0.15) is 5.75 Å². The summed E-state index contributed by atoms with van der Waals surface area (Å²) >= 11 is 11.2. The lowest BCUT2D eigenvalue weighted by molar-refractivity contribution is 0.301. The zero-order valence-electron chi connectivity index (χ0n) is 11.2. The van der Waals surface area contributed by atoms with Gasteiger partial charge in [-0.25, -0.2) is 0 Å². The third-order valence-corrected chi connectivity index (χ3v) is 4.53. The number of hydrogen-bond donors (Lipinski definition) is 1. The van der Waals surface area contributed by atoms with Crippen LogP contribution in [-0.4, -0.2) is 12.4 Å². The summed E-state index contributed by atoms with van der Waals surface area (Å²) in [4.78, 5) is 0. The van der Waals surface area contributed by atoms with Crippen LogP contribution >= 0.6 is 44.5 Å². The Morgan fingerprint density at radius 3 is 1.95 bits per heavy atom. The van der Waals surface area contributed by atoms with E-state index in [1.807, 2.05) is 18.2 Å². The molecule has 0 amide bonds. The van der Waals surface area contributed by atoms with Gasteiger partial charge in [-0.2, -0.15) is 12.6 Å². The molecule has 0 atom stereocenters.